The zero-order valence-electron chi connectivity index (χ0n) is 15.6. The van der Waals surface area contributed by atoms with Crippen LogP contribution >= 0.6 is 23.2 Å². The van der Waals surface area contributed by atoms with Crippen molar-refractivity contribution in [3.8, 4) is 0 Å². The van der Waals surface area contributed by atoms with Gasteiger partial charge in [-0.25, -0.2) is 23.1 Å². The Labute approximate surface area is 180 Å². The highest BCUT2D eigenvalue weighted by Gasteiger charge is 2.64. The van der Waals surface area contributed by atoms with Crippen molar-refractivity contribution in [2.75, 3.05) is 0 Å². The Morgan fingerprint density at radius 3 is 2.77 bits per heavy atom. The van der Waals surface area contributed by atoms with Crippen LogP contribution in [0.1, 0.15) is 33.6 Å². The molecule has 0 bridgehead atoms. The summed E-state index contributed by atoms with van der Waals surface area (Å²) in [5.74, 6) is -1.96. The van der Waals surface area contributed by atoms with Crippen molar-refractivity contribution < 1.29 is 22.7 Å². The first-order valence-electron chi connectivity index (χ1n) is 9.07. The number of aryl methyl sites for hydroxylation is 1. The van der Waals surface area contributed by atoms with Crippen LogP contribution in [-0.4, -0.2) is 29.3 Å². The molecule has 2 aliphatic rings. The highest BCUT2D eigenvalue weighted by Crippen LogP contribution is 2.56. The number of rotatable bonds is 5. The van der Waals surface area contributed by atoms with Gasteiger partial charge in [-0.2, -0.15) is 0 Å². The summed E-state index contributed by atoms with van der Waals surface area (Å²) in [6.07, 6.45) is -2.19. The number of alkyl halides is 2. The van der Waals surface area contributed by atoms with Gasteiger partial charge in [0.05, 0.1) is 10.0 Å². The third-order valence-corrected chi connectivity index (χ3v) is 5.87. The van der Waals surface area contributed by atoms with Crippen molar-refractivity contribution in [2.24, 2.45) is 16.6 Å². The lowest BCUT2D eigenvalue weighted by molar-refractivity contribution is 0.0175. The minimum Gasteiger partial charge on any atom is -0.462 e. The summed E-state index contributed by atoms with van der Waals surface area (Å²) in [7, 11) is 0. The van der Waals surface area contributed by atoms with Gasteiger partial charge in [-0.3, -0.25) is 4.79 Å². The highest BCUT2D eigenvalue weighted by atomic mass is 35.5. The number of hydrogen-bond donors (Lipinski definition) is 1. The number of hydrogen-bond acceptors (Lipinski definition) is 5. The van der Waals surface area contributed by atoms with E-state index in [9.17, 15) is 13.6 Å². The Morgan fingerprint density at radius 2 is 2.10 bits per heavy atom. The number of carbonyl (C=O) groups is 1. The van der Waals surface area contributed by atoms with Gasteiger partial charge in [0.15, 0.2) is 11.3 Å². The van der Waals surface area contributed by atoms with Crippen molar-refractivity contribution in [3.63, 3.8) is 0 Å². The Bertz CT molecular complexity index is 1080. The summed E-state index contributed by atoms with van der Waals surface area (Å²) < 4.78 is 48.8. The van der Waals surface area contributed by atoms with Gasteiger partial charge in [0, 0.05) is 24.1 Å². The molecule has 0 radical (unpaired) electrons. The summed E-state index contributed by atoms with van der Waals surface area (Å²) >= 11 is 11.8. The van der Waals surface area contributed by atoms with Gasteiger partial charge in [0.25, 0.3) is 12.4 Å². The van der Waals surface area contributed by atoms with Crippen molar-refractivity contribution >= 4 is 35.0 Å². The van der Waals surface area contributed by atoms with Crippen molar-refractivity contribution in [2.45, 2.75) is 37.8 Å². The third kappa shape index (κ3) is 3.41. The molecule has 4 rings (SSSR count). The Hall–Kier alpha value is -2.32. The normalized spacial score (nSPS) is 24.8. The van der Waals surface area contributed by atoms with Gasteiger partial charge in [0.2, 0.25) is 0 Å². The summed E-state index contributed by atoms with van der Waals surface area (Å²) in [5, 5.41) is 0.336. The molecule has 0 saturated heterocycles. The molecule has 158 valence electrons. The molecule has 5 nitrogen and oxygen atoms in total. The molecule has 1 aliphatic carbocycles. The second kappa shape index (κ2) is 7.42. The van der Waals surface area contributed by atoms with E-state index in [1.165, 1.54) is 31.3 Å². The molecule has 1 saturated carbocycles. The van der Waals surface area contributed by atoms with Crippen LogP contribution in [0.25, 0.3) is 0 Å². The summed E-state index contributed by atoms with van der Waals surface area (Å²) in [6, 6.07) is 3.65. The first-order valence-corrected chi connectivity index (χ1v) is 9.83. The topological polar surface area (TPSA) is 77.6 Å². The second-order valence-corrected chi connectivity index (χ2v) is 8.28. The van der Waals surface area contributed by atoms with Crippen molar-refractivity contribution in [1.82, 2.24) is 4.98 Å². The van der Waals surface area contributed by atoms with E-state index in [0.29, 0.717) is 12.0 Å². The molecule has 1 fully saturated rings. The van der Waals surface area contributed by atoms with Crippen LogP contribution in [0.5, 0.6) is 0 Å². The lowest BCUT2D eigenvalue weighted by Gasteiger charge is -2.33. The Morgan fingerprint density at radius 1 is 1.37 bits per heavy atom. The van der Waals surface area contributed by atoms with Gasteiger partial charge in [-0.15, -0.1) is 0 Å². The van der Waals surface area contributed by atoms with Gasteiger partial charge in [0.1, 0.15) is 17.6 Å². The van der Waals surface area contributed by atoms with Crippen LogP contribution in [0.2, 0.25) is 10.0 Å². The number of Topliss-reactive ketones (excluding diaryl/α,β-unsaturated/α-hetero) is 1. The molecule has 1 aromatic carbocycles. The van der Waals surface area contributed by atoms with E-state index in [1.54, 1.807) is 0 Å². The van der Waals surface area contributed by atoms with E-state index >= 15 is 4.39 Å². The molecule has 0 spiro atoms. The molecule has 1 aromatic heterocycles. The molecule has 1 aliphatic heterocycles. The number of halogens is 5. The molecular weight excluding hydrogens is 442 g/mol. The molecule has 2 aromatic rings. The number of amidine groups is 1. The molecule has 30 heavy (non-hydrogen) atoms. The van der Waals surface area contributed by atoms with E-state index in [0.717, 1.165) is 0 Å². The fourth-order valence-electron chi connectivity index (χ4n) is 3.93. The SMILES string of the molecule is Cc1cc(CC(=O)c2ncc(Cl)cc2Cl)cc([C@@]2(C(F)F)N=C(N)O[C@@H]3C[C@@H]32)c1F. The predicted octanol–water partition coefficient (Wildman–Crippen LogP) is 4.46. The van der Waals surface area contributed by atoms with E-state index in [4.69, 9.17) is 33.7 Å². The molecular formula is C20H16Cl2F3N3O2. The molecule has 2 N–H and O–H groups in total. The quantitative estimate of drug-likeness (QED) is 0.672. The minimum atomic E-state index is -3.01. The number of fused-ring (bicyclic) bond motifs is 1. The number of ketones is 1. The van der Waals surface area contributed by atoms with Gasteiger partial charge in [-0.05, 0) is 36.6 Å². The van der Waals surface area contributed by atoms with Crippen LogP contribution in [-0.2, 0) is 16.7 Å². The van der Waals surface area contributed by atoms with Crippen molar-refractivity contribution in [3.05, 3.63) is 62.6 Å². The molecule has 0 amide bonds. The number of pyridine rings is 1. The maximum Gasteiger partial charge on any atom is 0.283 e. The number of benzene rings is 1. The van der Waals surface area contributed by atoms with Crippen LogP contribution in [0.3, 0.4) is 0 Å². The standard InChI is InChI=1S/C20H16Cl2F3N3O2/c1-8-2-9(4-14(29)17-13(22)5-10(21)7-27-17)3-12(16(8)23)20(18(24)25)11-6-15(11)30-19(26)28-20/h2-3,5,7,11,15,18H,4,6H2,1H3,(H2,26,28)/t11-,15+,20-/m0/s1. The largest absolute Gasteiger partial charge is 0.462 e. The zero-order chi connectivity index (χ0) is 21.8. The van der Waals surface area contributed by atoms with Gasteiger partial charge >= 0.3 is 0 Å². The van der Waals surface area contributed by atoms with Crippen LogP contribution in [0, 0.1) is 18.7 Å². The van der Waals surface area contributed by atoms with E-state index in [1.807, 2.05) is 0 Å². The Balaban J connectivity index is 1.76. The van der Waals surface area contributed by atoms with Crippen LogP contribution in [0.15, 0.2) is 29.4 Å². The molecule has 10 heteroatoms. The number of carbonyl (C=O) groups excluding carboxylic acids is 1. The van der Waals surface area contributed by atoms with E-state index in [2.05, 4.69) is 9.98 Å². The summed E-state index contributed by atoms with van der Waals surface area (Å²) in [4.78, 5) is 20.5. The molecule has 0 unspecified atom stereocenters. The lowest BCUT2D eigenvalue weighted by Crippen LogP contribution is -2.43. The number of nitrogens with two attached hydrogens (primary N) is 1. The smallest absolute Gasteiger partial charge is 0.283 e. The number of aromatic nitrogens is 1. The molecule has 2 heterocycles. The lowest BCUT2D eigenvalue weighted by atomic mass is 9.82. The maximum atomic E-state index is 15.0. The highest BCUT2D eigenvalue weighted by molar-refractivity contribution is 6.36. The Kier molecular flexibility index (Phi) is 5.18. The third-order valence-electron chi connectivity index (χ3n) is 5.38. The van der Waals surface area contributed by atoms with Crippen LogP contribution in [0.4, 0.5) is 13.2 Å². The van der Waals surface area contributed by atoms with E-state index < -0.39 is 41.6 Å². The number of aliphatic imine (C=N–C) groups is 1. The van der Waals surface area contributed by atoms with Crippen LogP contribution < -0.4 is 5.73 Å². The van der Waals surface area contributed by atoms with E-state index in [-0.39, 0.29) is 33.3 Å². The molecule has 3 atom stereocenters. The predicted molar refractivity (Wildman–Crippen MR) is 106 cm³/mol. The first-order chi connectivity index (χ1) is 14.1. The fraction of sp³-hybridized carbons (Fsp3) is 0.350. The minimum absolute atomic E-state index is 0.0104. The number of ether oxygens (including phenoxy) is 1. The summed E-state index contributed by atoms with van der Waals surface area (Å²) in [5.41, 5.74) is 3.58. The summed E-state index contributed by atoms with van der Waals surface area (Å²) in [6.45, 7) is 1.44. The maximum absolute atomic E-state index is 15.0. The average Bonchev–Trinajstić information content (AvgIpc) is 3.43. The van der Waals surface area contributed by atoms with Gasteiger partial charge in [-0.1, -0.05) is 29.3 Å². The van der Waals surface area contributed by atoms with Crippen molar-refractivity contribution in [1.29, 1.82) is 0 Å². The second-order valence-electron chi connectivity index (χ2n) is 7.43. The first kappa shape index (κ1) is 20.9. The zero-order valence-corrected chi connectivity index (χ0v) is 17.1. The monoisotopic (exact) mass is 457 g/mol. The number of nitrogens with zero attached hydrogens (tertiary/aromatic N) is 2. The fourth-order valence-corrected chi connectivity index (χ4v) is 4.41. The van der Waals surface area contributed by atoms with Gasteiger partial charge < -0.3 is 10.5 Å². The average molecular weight is 458 g/mol.